The molecule has 0 unspecified atom stereocenters. The Balaban J connectivity index is 1.42. The van der Waals surface area contributed by atoms with Gasteiger partial charge in [-0.15, -0.1) is 0 Å². The van der Waals surface area contributed by atoms with Crippen molar-refractivity contribution in [3.8, 4) is 34.4 Å². The van der Waals surface area contributed by atoms with Crippen LogP contribution in [0.2, 0.25) is 0 Å². The van der Waals surface area contributed by atoms with E-state index in [1.165, 1.54) is 6.07 Å². The molecule has 154 valence electrons. The van der Waals surface area contributed by atoms with Crippen molar-refractivity contribution in [1.29, 1.82) is 5.26 Å². The van der Waals surface area contributed by atoms with Gasteiger partial charge in [0.15, 0.2) is 11.5 Å². The summed E-state index contributed by atoms with van der Waals surface area (Å²) in [7, 11) is 0. The number of ether oxygens (including phenoxy) is 2. The van der Waals surface area contributed by atoms with Gasteiger partial charge in [0.1, 0.15) is 11.8 Å². The molecule has 0 saturated heterocycles. The van der Waals surface area contributed by atoms with Crippen molar-refractivity contribution in [2.75, 3.05) is 12.1 Å². The van der Waals surface area contributed by atoms with Gasteiger partial charge in [-0.1, -0.05) is 18.2 Å². The molecule has 3 aromatic rings. The SMILES string of the molecule is Cc1ccc(NC(=O)C2(c3ccc4c(c3)OCO4)CC2)cc1-c1ccc(O)c(C#N)c1. The maximum atomic E-state index is 13.2. The molecule has 1 aliphatic carbocycles. The predicted octanol–water partition coefficient (Wildman–Crippen LogP) is 4.64. The zero-order valence-corrected chi connectivity index (χ0v) is 16.9. The van der Waals surface area contributed by atoms with Gasteiger partial charge in [-0.05, 0) is 78.4 Å². The Morgan fingerprint density at radius 3 is 2.65 bits per heavy atom. The Labute approximate surface area is 179 Å². The normalized spacial score (nSPS) is 15.2. The molecule has 1 aliphatic heterocycles. The summed E-state index contributed by atoms with van der Waals surface area (Å²) in [4.78, 5) is 13.2. The molecule has 6 nitrogen and oxygen atoms in total. The molecular weight excluding hydrogens is 392 g/mol. The number of nitrogens with one attached hydrogen (secondary N) is 1. The first-order valence-electron chi connectivity index (χ1n) is 10.1. The van der Waals surface area contributed by atoms with Crippen LogP contribution < -0.4 is 14.8 Å². The van der Waals surface area contributed by atoms with Gasteiger partial charge in [-0.25, -0.2) is 0 Å². The third kappa shape index (κ3) is 3.24. The molecule has 3 aromatic carbocycles. The first-order valence-corrected chi connectivity index (χ1v) is 10.1. The Morgan fingerprint density at radius 2 is 1.87 bits per heavy atom. The van der Waals surface area contributed by atoms with E-state index in [0.29, 0.717) is 17.2 Å². The molecule has 1 heterocycles. The summed E-state index contributed by atoms with van der Waals surface area (Å²) >= 11 is 0. The molecule has 5 rings (SSSR count). The average molecular weight is 412 g/mol. The summed E-state index contributed by atoms with van der Waals surface area (Å²) in [6.07, 6.45) is 1.56. The number of hydrogen-bond acceptors (Lipinski definition) is 5. The van der Waals surface area contributed by atoms with E-state index in [-0.39, 0.29) is 24.0 Å². The van der Waals surface area contributed by atoms with Gasteiger partial charge >= 0.3 is 0 Å². The number of rotatable bonds is 4. The maximum Gasteiger partial charge on any atom is 0.235 e. The van der Waals surface area contributed by atoms with E-state index >= 15 is 0 Å². The summed E-state index contributed by atoms with van der Waals surface area (Å²) < 4.78 is 10.8. The zero-order chi connectivity index (χ0) is 21.6. The molecule has 6 heteroatoms. The van der Waals surface area contributed by atoms with Crippen LogP contribution in [0.5, 0.6) is 17.2 Å². The number of amides is 1. The second-order valence-corrected chi connectivity index (χ2v) is 7.98. The lowest BCUT2D eigenvalue weighted by Gasteiger charge is -2.17. The maximum absolute atomic E-state index is 13.2. The van der Waals surface area contributed by atoms with Gasteiger partial charge in [0.2, 0.25) is 12.7 Å². The zero-order valence-electron chi connectivity index (χ0n) is 16.9. The van der Waals surface area contributed by atoms with Crippen molar-refractivity contribution >= 4 is 11.6 Å². The third-order valence-electron chi connectivity index (χ3n) is 6.03. The highest BCUT2D eigenvalue weighted by molar-refractivity contribution is 6.02. The number of carbonyl (C=O) groups is 1. The number of nitriles is 1. The lowest BCUT2D eigenvalue weighted by molar-refractivity contribution is -0.118. The number of phenols is 1. The van der Waals surface area contributed by atoms with E-state index in [1.54, 1.807) is 12.1 Å². The smallest absolute Gasteiger partial charge is 0.235 e. The highest BCUT2D eigenvalue weighted by Gasteiger charge is 2.51. The summed E-state index contributed by atoms with van der Waals surface area (Å²) in [5.41, 5.74) is 3.97. The molecule has 0 spiro atoms. The first kappa shape index (κ1) is 19.0. The highest BCUT2D eigenvalue weighted by atomic mass is 16.7. The molecule has 31 heavy (non-hydrogen) atoms. The van der Waals surface area contributed by atoms with Gasteiger partial charge in [0, 0.05) is 5.69 Å². The Bertz CT molecular complexity index is 1250. The van der Waals surface area contributed by atoms with Crippen molar-refractivity contribution in [1.82, 2.24) is 0 Å². The Morgan fingerprint density at radius 1 is 1.06 bits per heavy atom. The fraction of sp³-hybridized carbons (Fsp3) is 0.200. The van der Waals surface area contributed by atoms with Crippen LogP contribution in [-0.2, 0) is 10.2 Å². The van der Waals surface area contributed by atoms with E-state index in [2.05, 4.69) is 5.32 Å². The molecule has 2 aliphatic rings. The van der Waals surface area contributed by atoms with E-state index in [4.69, 9.17) is 9.47 Å². The van der Waals surface area contributed by atoms with Crippen LogP contribution in [0.3, 0.4) is 0 Å². The number of anilines is 1. The van der Waals surface area contributed by atoms with Crippen molar-refractivity contribution in [2.24, 2.45) is 0 Å². The first-order chi connectivity index (χ1) is 15.0. The number of phenolic OH excluding ortho intramolecular Hbond substituents is 1. The van der Waals surface area contributed by atoms with Crippen LogP contribution in [0.4, 0.5) is 5.69 Å². The van der Waals surface area contributed by atoms with Crippen molar-refractivity contribution in [3.63, 3.8) is 0 Å². The molecule has 2 N–H and O–H groups in total. The Kier molecular flexibility index (Phi) is 4.33. The topological polar surface area (TPSA) is 91.6 Å². The minimum absolute atomic E-state index is 0.0484. The van der Waals surface area contributed by atoms with E-state index in [0.717, 1.165) is 35.1 Å². The van der Waals surface area contributed by atoms with Crippen LogP contribution in [0.1, 0.15) is 29.5 Å². The number of fused-ring (bicyclic) bond motifs is 1. The van der Waals surface area contributed by atoms with Crippen molar-refractivity contribution in [2.45, 2.75) is 25.2 Å². The lowest BCUT2D eigenvalue weighted by Crippen LogP contribution is -2.27. The fourth-order valence-corrected chi connectivity index (χ4v) is 4.02. The summed E-state index contributed by atoms with van der Waals surface area (Å²) in [5, 5.41) is 22.1. The molecule has 1 amide bonds. The van der Waals surface area contributed by atoms with Crippen molar-refractivity contribution < 1.29 is 19.4 Å². The minimum atomic E-state index is -0.557. The number of hydrogen-bond donors (Lipinski definition) is 2. The summed E-state index contributed by atoms with van der Waals surface area (Å²) in [6.45, 7) is 2.17. The predicted molar refractivity (Wildman–Crippen MR) is 115 cm³/mol. The number of benzene rings is 3. The monoisotopic (exact) mass is 412 g/mol. The minimum Gasteiger partial charge on any atom is -0.507 e. The van der Waals surface area contributed by atoms with Gasteiger partial charge in [0.25, 0.3) is 0 Å². The third-order valence-corrected chi connectivity index (χ3v) is 6.03. The number of nitrogens with zero attached hydrogens (tertiary/aromatic N) is 1. The molecule has 0 atom stereocenters. The van der Waals surface area contributed by atoms with Crippen LogP contribution in [0.25, 0.3) is 11.1 Å². The largest absolute Gasteiger partial charge is 0.507 e. The van der Waals surface area contributed by atoms with Crippen LogP contribution >= 0.6 is 0 Å². The van der Waals surface area contributed by atoms with Crippen LogP contribution in [-0.4, -0.2) is 17.8 Å². The fourth-order valence-electron chi connectivity index (χ4n) is 4.02. The van der Waals surface area contributed by atoms with Gasteiger partial charge < -0.3 is 19.9 Å². The standard InChI is InChI=1S/C25H20N2O4/c1-15-2-5-19(12-20(15)16-3-6-21(28)17(10-16)13-26)27-24(29)25(8-9-25)18-4-7-22-23(11-18)31-14-30-22/h2-7,10-12,28H,8-9,14H2,1H3,(H,27,29). The van der Waals surface area contributed by atoms with Gasteiger partial charge in [0.05, 0.1) is 11.0 Å². The molecule has 0 bridgehead atoms. The lowest BCUT2D eigenvalue weighted by atomic mass is 9.94. The molecule has 0 aromatic heterocycles. The molecular formula is C25H20N2O4. The van der Waals surface area contributed by atoms with Crippen molar-refractivity contribution in [3.05, 3.63) is 71.3 Å². The molecule has 1 saturated carbocycles. The number of aromatic hydroxyl groups is 1. The molecule has 1 fully saturated rings. The van der Waals surface area contributed by atoms with Crippen LogP contribution in [0.15, 0.2) is 54.6 Å². The van der Waals surface area contributed by atoms with Crippen LogP contribution in [0, 0.1) is 18.3 Å². The van der Waals surface area contributed by atoms with Gasteiger partial charge in [-0.3, -0.25) is 4.79 Å². The quantitative estimate of drug-likeness (QED) is 0.651. The summed E-state index contributed by atoms with van der Waals surface area (Å²) in [5.74, 6) is 1.28. The highest BCUT2D eigenvalue weighted by Crippen LogP contribution is 2.51. The van der Waals surface area contributed by atoms with E-state index < -0.39 is 5.41 Å². The summed E-state index contributed by atoms with van der Waals surface area (Å²) in [6, 6.07) is 18.3. The number of aryl methyl sites for hydroxylation is 1. The second-order valence-electron chi connectivity index (χ2n) is 7.98. The molecule has 0 radical (unpaired) electrons. The Hall–Kier alpha value is -3.98. The number of carbonyl (C=O) groups excluding carboxylic acids is 1. The average Bonchev–Trinajstić information content (AvgIpc) is 3.46. The second kappa shape index (κ2) is 7.06. The van der Waals surface area contributed by atoms with E-state index in [1.807, 2.05) is 49.4 Å². The van der Waals surface area contributed by atoms with E-state index in [9.17, 15) is 15.2 Å². The van der Waals surface area contributed by atoms with Gasteiger partial charge in [-0.2, -0.15) is 5.26 Å².